The molecule has 1 atom stereocenters. The van der Waals surface area contributed by atoms with Crippen molar-refractivity contribution in [1.29, 1.82) is 0 Å². The van der Waals surface area contributed by atoms with Crippen molar-refractivity contribution in [3.63, 3.8) is 0 Å². The molecule has 0 aliphatic heterocycles. The van der Waals surface area contributed by atoms with E-state index in [0.29, 0.717) is 18.9 Å². The van der Waals surface area contributed by atoms with Crippen molar-refractivity contribution in [1.82, 2.24) is 10.6 Å². The Hall–Kier alpha value is -1.06. The van der Waals surface area contributed by atoms with Crippen LogP contribution in [0.1, 0.15) is 30.9 Å². The fourth-order valence-electron chi connectivity index (χ4n) is 2.06. The van der Waals surface area contributed by atoms with Crippen LogP contribution in [0, 0.1) is 5.92 Å². The summed E-state index contributed by atoms with van der Waals surface area (Å²) in [5.41, 5.74) is 1.15. The van der Waals surface area contributed by atoms with Gasteiger partial charge in [-0.15, -0.1) is 0 Å². The SMILES string of the molecule is CNCCC(=O)NC(c1ccc(Cl)cc1)C1CC1. The normalized spacial score (nSPS) is 16.3. The summed E-state index contributed by atoms with van der Waals surface area (Å²) in [6, 6.07) is 7.91. The Morgan fingerprint density at radius 3 is 2.61 bits per heavy atom. The maximum absolute atomic E-state index is 11.8. The van der Waals surface area contributed by atoms with Gasteiger partial charge in [0.15, 0.2) is 0 Å². The number of carbonyl (C=O) groups is 1. The van der Waals surface area contributed by atoms with Gasteiger partial charge in [0.05, 0.1) is 6.04 Å². The van der Waals surface area contributed by atoms with Crippen molar-refractivity contribution in [3.05, 3.63) is 34.9 Å². The second-order valence-electron chi connectivity index (χ2n) is 4.79. The molecule has 0 spiro atoms. The number of halogens is 1. The van der Waals surface area contributed by atoms with Gasteiger partial charge in [0.25, 0.3) is 0 Å². The second-order valence-corrected chi connectivity index (χ2v) is 5.22. The standard InChI is InChI=1S/C14H19ClN2O/c1-16-9-8-13(18)17-14(10-2-3-10)11-4-6-12(15)7-5-11/h4-7,10,14,16H,2-3,8-9H2,1H3,(H,17,18). The maximum Gasteiger partial charge on any atom is 0.221 e. The average molecular weight is 267 g/mol. The number of amides is 1. The molecule has 1 fully saturated rings. The van der Waals surface area contributed by atoms with E-state index in [9.17, 15) is 4.79 Å². The fourth-order valence-corrected chi connectivity index (χ4v) is 2.18. The molecular weight excluding hydrogens is 248 g/mol. The third-order valence-corrected chi connectivity index (χ3v) is 3.49. The molecule has 0 aromatic heterocycles. The number of nitrogens with one attached hydrogen (secondary N) is 2. The first-order chi connectivity index (χ1) is 8.70. The summed E-state index contributed by atoms with van der Waals surface area (Å²) in [5, 5.41) is 6.84. The molecule has 0 heterocycles. The maximum atomic E-state index is 11.8. The minimum Gasteiger partial charge on any atom is -0.349 e. The first kappa shape index (κ1) is 13.4. The highest BCUT2D eigenvalue weighted by Gasteiger charge is 2.33. The van der Waals surface area contributed by atoms with E-state index in [1.807, 2.05) is 31.3 Å². The van der Waals surface area contributed by atoms with Crippen molar-refractivity contribution < 1.29 is 4.79 Å². The van der Waals surface area contributed by atoms with Crippen LogP contribution >= 0.6 is 11.6 Å². The second kappa shape index (κ2) is 6.21. The first-order valence-corrected chi connectivity index (χ1v) is 6.78. The highest BCUT2D eigenvalue weighted by molar-refractivity contribution is 6.30. The van der Waals surface area contributed by atoms with Crippen LogP contribution in [0.2, 0.25) is 5.02 Å². The van der Waals surface area contributed by atoms with Gasteiger partial charge in [0.1, 0.15) is 0 Å². The molecule has 4 heteroatoms. The molecule has 2 N–H and O–H groups in total. The van der Waals surface area contributed by atoms with E-state index in [-0.39, 0.29) is 11.9 Å². The van der Waals surface area contributed by atoms with E-state index in [2.05, 4.69) is 10.6 Å². The predicted octanol–water partition coefficient (Wildman–Crippen LogP) is 2.52. The molecule has 1 unspecified atom stereocenters. The number of hydrogen-bond donors (Lipinski definition) is 2. The molecule has 18 heavy (non-hydrogen) atoms. The summed E-state index contributed by atoms with van der Waals surface area (Å²) in [5.74, 6) is 0.695. The Morgan fingerprint density at radius 1 is 1.39 bits per heavy atom. The highest BCUT2D eigenvalue weighted by atomic mass is 35.5. The third kappa shape index (κ3) is 3.72. The van der Waals surface area contributed by atoms with Gasteiger partial charge < -0.3 is 10.6 Å². The molecule has 2 rings (SSSR count). The fraction of sp³-hybridized carbons (Fsp3) is 0.500. The first-order valence-electron chi connectivity index (χ1n) is 6.40. The van der Waals surface area contributed by atoms with Gasteiger partial charge in [-0.3, -0.25) is 4.79 Å². The zero-order valence-electron chi connectivity index (χ0n) is 10.6. The Balaban J connectivity index is 2.00. The van der Waals surface area contributed by atoms with Gasteiger partial charge in [-0.2, -0.15) is 0 Å². The molecular formula is C14H19ClN2O. The molecule has 1 aromatic rings. The summed E-state index contributed by atoms with van der Waals surface area (Å²) in [6.45, 7) is 0.712. The van der Waals surface area contributed by atoms with Crippen LogP contribution in [0.25, 0.3) is 0 Å². The molecule has 1 saturated carbocycles. The van der Waals surface area contributed by atoms with E-state index in [4.69, 9.17) is 11.6 Å². The molecule has 1 aromatic carbocycles. The van der Waals surface area contributed by atoms with Gasteiger partial charge in [0.2, 0.25) is 5.91 Å². The zero-order chi connectivity index (χ0) is 13.0. The van der Waals surface area contributed by atoms with E-state index in [0.717, 1.165) is 10.6 Å². The summed E-state index contributed by atoms with van der Waals surface area (Å²) < 4.78 is 0. The van der Waals surface area contributed by atoms with E-state index < -0.39 is 0 Å². The van der Waals surface area contributed by atoms with Crippen LogP contribution < -0.4 is 10.6 Å². The third-order valence-electron chi connectivity index (χ3n) is 3.24. The summed E-state index contributed by atoms with van der Waals surface area (Å²) in [7, 11) is 1.85. The van der Waals surface area contributed by atoms with Gasteiger partial charge in [-0.05, 0) is 43.5 Å². The van der Waals surface area contributed by atoms with Gasteiger partial charge in [0, 0.05) is 18.0 Å². The lowest BCUT2D eigenvalue weighted by Gasteiger charge is -2.19. The number of benzene rings is 1. The molecule has 3 nitrogen and oxygen atoms in total. The van der Waals surface area contributed by atoms with Crippen LogP contribution in [0.15, 0.2) is 24.3 Å². The van der Waals surface area contributed by atoms with E-state index in [1.54, 1.807) is 0 Å². The molecule has 0 saturated heterocycles. The van der Waals surface area contributed by atoms with Gasteiger partial charge in [-0.25, -0.2) is 0 Å². The predicted molar refractivity (Wildman–Crippen MR) is 73.6 cm³/mol. The minimum atomic E-state index is 0.108. The van der Waals surface area contributed by atoms with Crippen LogP contribution in [-0.4, -0.2) is 19.5 Å². The molecule has 0 bridgehead atoms. The minimum absolute atomic E-state index is 0.108. The lowest BCUT2D eigenvalue weighted by molar-refractivity contribution is -0.121. The van der Waals surface area contributed by atoms with E-state index >= 15 is 0 Å². The Morgan fingerprint density at radius 2 is 2.06 bits per heavy atom. The number of carbonyl (C=O) groups excluding carboxylic acids is 1. The Kier molecular flexibility index (Phi) is 4.61. The van der Waals surface area contributed by atoms with Crippen molar-refractivity contribution in [2.75, 3.05) is 13.6 Å². The molecule has 1 aliphatic rings. The van der Waals surface area contributed by atoms with E-state index in [1.165, 1.54) is 12.8 Å². The topological polar surface area (TPSA) is 41.1 Å². The number of rotatable bonds is 6. The monoisotopic (exact) mass is 266 g/mol. The van der Waals surface area contributed by atoms with Crippen LogP contribution in [0.4, 0.5) is 0 Å². The van der Waals surface area contributed by atoms with Crippen molar-refractivity contribution in [2.45, 2.75) is 25.3 Å². The molecule has 1 aliphatic carbocycles. The molecule has 98 valence electrons. The quantitative estimate of drug-likeness (QED) is 0.831. The Bertz CT molecular complexity index is 401. The lowest BCUT2D eigenvalue weighted by Crippen LogP contribution is -2.31. The number of hydrogen-bond acceptors (Lipinski definition) is 2. The smallest absolute Gasteiger partial charge is 0.221 e. The van der Waals surface area contributed by atoms with Gasteiger partial charge >= 0.3 is 0 Å². The molecule has 1 amide bonds. The van der Waals surface area contributed by atoms with Crippen molar-refractivity contribution in [2.24, 2.45) is 5.92 Å². The average Bonchev–Trinajstić information content (AvgIpc) is 3.19. The van der Waals surface area contributed by atoms with Crippen LogP contribution in [0.3, 0.4) is 0 Å². The molecule has 0 radical (unpaired) electrons. The highest BCUT2D eigenvalue weighted by Crippen LogP contribution is 2.41. The Labute approximate surface area is 113 Å². The summed E-state index contributed by atoms with van der Waals surface area (Å²) in [6.07, 6.45) is 2.91. The van der Waals surface area contributed by atoms with Crippen molar-refractivity contribution in [3.8, 4) is 0 Å². The summed E-state index contributed by atoms with van der Waals surface area (Å²) >= 11 is 5.89. The largest absolute Gasteiger partial charge is 0.349 e. The lowest BCUT2D eigenvalue weighted by atomic mass is 10.0. The van der Waals surface area contributed by atoms with Crippen LogP contribution in [0.5, 0.6) is 0 Å². The summed E-state index contributed by atoms with van der Waals surface area (Å²) in [4.78, 5) is 11.8. The van der Waals surface area contributed by atoms with Crippen molar-refractivity contribution >= 4 is 17.5 Å². The van der Waals surface area contributed by atoms with Crippen LogP contribution in [-0.2, 0) is 4.79 Å². The van der Waals surface area contributed by atoms with Gasteiger partial charge in [-0.1, -0.05) is 23.7 Å². The zero-order valence-corrected chi connectivity index (χ0v) is 11.3.